The van der Waals surface area contributed by atoms with Crippen molar-refractivity contribution in [2.24, 2.45) is 0 Å². The Hall–Kier alpha value is -3.28. The average Bonchev–Trinajstić information content (AvgIpc) is 3.04. The van der Waals surface area contributed by atoms with Gasteiger partial charge in [0.25, 0.3) is 11.8 Å². The van der Waals surface area contributed by atoms with Crippen LogP contribution in [0.4, 0.5) is 5.69 Å². The zero-order valence-corrected chi connectivity index (χ0v) is 16.7. The van der Waals surface area contributed by atoms with Crippen LogP contribution in [0.3, 0.4) is 0 Å². The van der Waals surface area contributed by atoms with Crippen LogP contribution in [0.1, 0.15) is 24.8 Å². The van der Waals surface area contributed by atoms with Gasteiger partial charge in [-0.2, -0.15) is 0 Å². The van der Waals surface area contributed by atoms with Crippen molar-refractivity contribution in [2.45, 2.75) is 19.3 Å². The van der Waals surface area contributed by atoms with Gasteiger partial charge in [-0.25, -0.2) is 4.90 Å². The minimum Gasteiger partial charge on any atom is -0.497 e. The highest BCUT2D eigenvalue weighted by Crippen LogP contribution is 2.39. The fourth-order valence-electron chi connectivity index (χ4n) is 3.98. The molecule has 0 aliphatic carbocycles. The van der Waals surface area contributed by atoms with E-state index in [0.29, 0.717) is 34.0 Å². The van der Waals surface area contributed by atoms with E-state index >= 15 is 0 Å². The maximum absolute atomic E-state index is 13.5. The summed E-state index contributed by atoms with van der Waals surface area (Å²) in [4.78, 5) is 30.3. The van der Waals surface area contributed by atoms with Gasteiger partial charge in [0.05, 0.1) is 25.5 Å². The molecule has 2 aromatic rings. The number of hydrogen-bond donors (Lipinski definition) is 0. The first kappa shape index (κ1) is 19.1. The molecule has 150 valence electrons. The molecular weight excluding hydrogens is 368 g/mol. The number of rotatable bonds is 5. The zero-order chi connectivity index (χ0) is 20.4. The standard InChI is InChI=1S/C23H24N2O4/c1-28-17-12-10-16(11-13-17)20-21(24-14-6-3-7-15-24)23(27)25(22(20)26)18-8-4-5-9-19(18)29-2/h4-5,8-13H,3,6-7,14-15H2,1-2H3. The van der Waals surface area contributed by atoms with Gasteiger partial charge in [0.2, 0.25) is 0 Å². The molecule has 2 amide bonds. The van der Waals surface area contributed by atoms with Gasteiger partial charge in [0.15, 0.2) is 0 Å². The number of amides is 2. The molecule has 29 heavy (non-hydrogen) atoms. The summed E-state index contributed by atoms with van der Waals surface area (Å²) in [7, 11) is 3.13. The Labute approximate surface area is 170 Å². The Balaban J connectivity index is 1.83. The molecule has 1 fully saturated rings. The summed E-state index contributed by atoms with van der Waals surface area (Å²) in [6, 6.07) is 14.4. The van der Waals surface area contributed by atoms with E-state index in [2.05, 4.69) is 4.90 Å². The Morgan fingerprint density at radius 3 is 2.14 bits per heavy atom. The molecule has 6 nitrogen and oxygen atoms in total. The van der Waals surface area contributed by atoms with Crippen LogP contribution in [0.15, 0.2) is 54.2 Å². The van der Waals surface area contributed by atoms with Crippen LogP contribution in [0.25, 0.3) is 5.57 Å². The molecule has 0 aromatic heterocycles. The van der Waals surface area contributed by atoms with Crippen molar-refractivity contribution in [3.05, 3.63) is 59.8 Å². The van der Waals surface area contributed by atoms with Gasteiger partial charge in [-0.3, -0.25) is 9.59 Å². The van der Waals surface area contributed by atoms with Crippen LogP contribution >= 0.6 is 0 Å². The highest BCUT2D eigenvalue weighted by atomic mass is 16.5. The number of benzene rings is 2. The zero-order valence-electron chi connectivity index (χ0n) is 16.7. The third kappa shape index (κ3) is 3.35. The van der Waals surface area contributed by atoms with Crippen molar-refractivity contribution in [1.29, 1.82) is 0 Å². The van der Waals surface area contributed by atoms with Crippen molar-refractivity contribution < 1.29 is 19.1 Å². The van der Waals surface area contributed by atoms with Crippen molar-refractivity contribution in [2.75, 3.05) is 32.2 Å². The third-order valence-corrected chi connectivity index (χ3v) is 5.44. The maximum atomic E-state index is 13.5. The highest BCUT2D eigenvalue weighted by molar-refractivity contribution is 6.45. The number of methoxy groups -OCH3 is 2. The molecule has 2 aliphatic rings. The van der Waals surface area contributed by atoms with Crippen molar-refractivity contribution in [3.63, 3.8) is 0 Å². The summed E-state index contributed by atoms with van der Waals surface area (Å²) in [5, 5.41) is 0. The van der Waals surface area contributed by atoms with E-state index in [1.54, 1.807) is 37.4 Å². The number of likely N-dealkylation sites (tertiary alicyclic amines) is 1. The number of piperidine rings is 1. The highest BCUT2D eigenvalue weighted by Gasteiger charge is 2.43. The predicted octanol–water partition coefficient (Wildman–Crippen LogP) is 3.47. The van der Waals surface area contributed by atoms with E-state index in [4.69, 9.17) is 9.47 Å². The van der Waals surface area contributed by atoms with Crippen LogP contribution in [-0.4, -0.2) is 44.0 Å². The largest absolute Gasteiger partial charge is 0.497 e. The monoisotopic (exact) mass is 392 g/mol. The van der Waals surface area contributed by atoms with E-state index in [-0.39, 0.29) is 11.8 Å². The quantitative estimate of drug-likeness (QED) is 0.729. The summed E-state index contributed by atoms with van der Waals surface area (Å²) < 4.78 is 10.6. The molecule has 6 heteroatoms. The lowest BCUT2D eigenvalue weighted by molar-refractivity contribution is -0.120. The molecule has 0 N–H and O–H groups in total. The summed E-state index contributed by atoms with van der Waals surface area (Å²) in [6.45, 7) is 1.54. The number of ether oxygens (including phenoxy) is 2. The van der Waals surface area contributed by atoms with Crippen LogP contribution in [-0.2, 0) is 9.59 Å². The lowest BCUT2D eigenvalue weighted by atomic mass is 10.0. The normalized spacial score (nSPS) is 17.2. The number of imide groups is 1. The van der Waals surface area contributed by atoms with Crippen LogP contribution in [0.2, 0.25) is 0 Å². The fraction of sp³-hybridized carbons (Fsp3) is 0.304. The van der Waals surface area contributed by atoms with Gasteiger partial charge < -0.3 is 14.4 Å². The minimum atomic E-state index is -0.328. The van der Waals surface area contributed by atoms with Gasteiger partial charge in [-0.15, -0.1) is 0 Å². The molecule has 0 bridgehead atoms. The second kappa shape index (κ2) is 7.99. The summed E-state index contributed by atoms with van der Waals surface area (Å²) in [6.07, 6.45) is 3.16. The summed E-state index contributed by atoms with van der Waals surface area (Å²) in [5.41, 5.74) is 2.08. The third-order valence-electron chi connectivity index (χ3n) is 5.44. The maximum Gasteiger partial charge on any atom is 0.282 e. The van der Waals surface area contributed by atoms with E-state index in [0.717, 1.165) is 32.4 Å². The molecule has 2 heterocycles. The van der Waals surface area contributed by atoms with Gasteiger partial charge in [-0.05, 0) is 49.1 Å². The van der Waals surface area contributed by atoms with Gasteiger partial charge in [0.1, 0.15) is 17.2 Å². The lowest BCUT2D eigenvalue weighted by Gasteiger charge is -2.29. The predicted molar refractivity (Wildman–Crippen MR) is 111 cm³/mol. The van der Waals surface area contributed by atoms with E-state index in [1.165, 1.54) is 12.0 Å². The lowest BCUT2D eigenvalue weighted by Crippen LogP contribution is -2.37. The van der Waals surface area contributed by atoms with Gasteiger partial charge in [-0.1, -0.05) is 24.3 Å². The topological polar surface area (TPSA) is 59.1 Å². The summed E-state index contributed by atoms with van der Waals surface area (Å²) >= 11 is 0. The Morgan fingerprint density at radius 1 is 0.793 bits per heavy atom. The number of para-hydroxylation sites is 2. The molecule has 0 saturated carbocycles. The first-order valence-electron chi connectivity index (χ1n) is 9.81. The number of carbonyl (C=O) groups is 2. The number of anilines is 1. The van der Waals surface area contributed by atoms with Crippen molar-refractivity contribution in [3.8, 4) is 11.5 Å². The molecule has 1 saturated heterocycles. The Bertz CT molecular complexity index is 959. The average molecular weight is 392 g/mol. The fourth-order valence-corrected chi connectivity index (χ4v) is 3.98. The molecular formula is C23H24N2O4. The van der Waals surface area contributed by atoms with Gasteiger partial charge in [0, 0.05) is 13.1 Å². The number of carbonyl (C=O) groups excluding carboxylic acids is 2. The molecule has 0 spiro atoms. The first-order valence-corrected chi connectivity index (χ1v) is 9.81. The molecule has 0 radical (unpaired) electrons. The van der Waals surface area contributed by atoms with E-state index < -0.39 is 0 Å². The first-order chi connectivity index (χ1) is 14.2. The van der Waals surface area contributed by atoms with Crippen molar-refractivity contribution in [1.82, 2.24) is 4.90 Å². The molecule has 2 aromatic carbocycles. The van der Waals surface area contributed by atoms with Crippen LogP contribution < -0.4 is 14.4 Å². The molecule has 2 aliphatic heterocycles. The van der Waals surface area contributed by atoms with Crippen LogP contribution in [0.5, 0.6) is 11.5 Å². The van der Waals surface area contributed by atoms with Crippen molar-refractivity contribution >= 4 is 23.1 Å². The number of nitrogens with zero attached hydrogens (tertiary/aromatic N) is 2. The summed E-state index contributed by atoms with van der Waals surface area (Å²) in [5.74, 6) is 0.563. The molecule has 0 unspecified atom stereocenters. The van der Waals surface area contributed by atoms with Crippen LogP contribution in [0, 0.1) is 0 Å². The SMILES string of the molecule is COc1ccc(C2=C(N3CCCCC3)C(=O)N(c3ccccc3OC)C2=O)cc1. The second-order valence-corrected chi connectivity index (χ2v) is 7.12. The minimum absolute atomic E-state index is 0.299. The van der Waals surface area contributed by atoms with E-state index in [9.17, 15) is 9.59 Å². The second-order valence-electron chi connectivity index (χ2n) is 7.12. The molecule has 4 rings (SSSR count). The van der Waals surface area contributed by atoms with E-state index in [1.807, 2.05) is 18.2 Å². The molecule has 0 atom stereocenters. The Morgan fingerprint density at radius 2 is 1.48 bits per heavy atom. The smallest absolute Gasteiger partial charge is 0.282 e. The number of hydrogen-bond acceptors (Lipinski definition) is 5. The van der Waals surface area contributed by atoms with Gasteiger partial charge >= 0.3 is 0 Å². The Kier molecular flexibility index (Phi) is 5.25.